The lowest BCUT2D eigenvalue weighted by Gasteiger charge is -2.09. The summed E-state index contributed by atoms with van der Waals surface area (Å²) in [6.45, 7) is 2.02. The summed E-state index contributed by atoms with van der Waals surface area (Å²) in [5, 5.41) is 0. The maximum atomic E-state index is 13.3. The van der Waals surface area contributed by atoms with Crippen molar-refractivity contribution in [1.82, 2.24) is 9.55 Å². The highest BCUT2D eigenvalue weighted by atomic mass is 79.9. The van der Waals surface area contributed by atoms with Crippen LogP contribution in [0.25, 0.3) is 11.0 Å². The van der Waals surface area contributed by atoms with Crippen molar-refractivity contribution in [2.45, 2.75) is 6.92 Å². The topological polar surface area (TPSA) is 47.2 Å². The fourth-order valence-electron chi connectivity index (χ4n) is 2.82. The number of carbonyl (C=O) groups is 1. The molecule has 3 aromatic carbocycles. The lowest BCUT2D eigenvalue weighted by atomic mass is 10.1. The summed E-state index contributed by atoms with van der Waals surface area (Å²) in [5.74, 6) is 0.154. The number of fused-ring (bicyclic) bond motifs is 1. The van der Waals surface area contributed by atoms with E-state index >= 15 is 0 Å². The molecule has 0 fully saturated rings. The zero-order chi connectivity index (χ0) is 18.8. The summed E-state index contributed by atoms with van der Waals surface area (Å²) in [6.07, 6.45) is 1.64. The summed E-state index contributed by atoms with van der Waals surface area (Å²) in [4.78, 5) is 22.3. The van der Waals surface area contributed by atoms with E-state index in [1.807, 2.05) is 67.6 Å². The zero-order valence-electron chi connectivity index (χ0n) is 14.6. The molecule has 1 heterocycles. The molecule has 0 saturated carbocycles. The highest BCUT2D eigenvalue weighted by molar-refractivity contribution is 9.10. The van der Waals surface area contributed by atoms with Crippen LogP contribution in [0.5, 0.6) is 0 Å². The summed E-state index contributed by atoms with van der Waals surface area (Å²) >= 11 is 3.49. The van der Waals surface area contributed by atoms with Gasteiger partial charge in [-0.3, -0.25) is 9.36 Å². The maximum Gasteiger partial charge on any atom is 0.228 e. The van der Waals surface area contributed by atoms with Gasteiger partial charge < -0.3 is 0 Å². The molecule has 0 aliphatic rings. The molecular weight excluding hydrogens is 402 g/mol. The molecule has 0 N–H and O–H groups in total. The number of rotatable bonds is 3. The van der Waals surface area contributed by atoms with Crippen molar-refractivity contribution >= 4 is 44.3 Å². The van der Waals surface area contributed by atoms with E-state index in [0.717, 1.165) is 26.8 Å². The minimum atomic E-state index is -0.157. The Bertz CT molecular complexity index is 1150. The number of nitrogens with zero attached hydrogens (tertiary/aromatic N) is 3. The van der Waals surface area contributed by atoms with Crippen LogP contribution >= 0.6 is 15.9 Å². The van der Waals surface area contributed by atoms with Crippen molar-refractivity contribution < 1.29 is 4.79 Å². The van der Waals surface area contributed by atoms with E-state index in [2.05, 4.69) is 25.9 Å². The number of aromatic nitrogens is 2. The molecule has 4 aromatic rings. The van der Waals surface area contributed by atoms with Crippen molar-refractivity contribution in [1.29, 1.82) is 0 Å². The average molecular weight is 418 g/mol. The van der Waals surface area contributed by atoms with E-state index < -0.39 is 0 Å². The van der Waals surface area contributed by atoms with Crippen LogP contribution in [-0.4, -0.2) is 21.2 Å². The van der Waals surface area contributed by atoms with E-state index in [1.54, 1.807) is 23.0 Å². The number of hydrogen-bond acceptors (Lipinski definition) is 3. The smallest absolute Gasteiger partial charge is 0.228 e. The van der Waals surface area contributed by atoms with Gasteiger partial charge in [0.05, 0.1) is 16.7 Å². The van der Waals surface area contributed by atoms with Crippen molar-refractivity contribution in [3.63, 3.8) is 0 Å². The van der Waals surface area contributed by atoms with Gasteiger partial charge in [-0.1, -0.05) is 64.0 Å². The lowest BCUT2D eigenvalue weighted by molar-refractivity contribution is 0.106. The Morgan fingerprint density at radius 2 is 1.74 bits per heavy atom. The molecule has 4 nitrogen and oxygen atoms in total. The molecule has 27 heavy (non-hydrogen) atoms. The summed E-state index contributed by atoms with van der Waals surface area (Å²) in [5.41, 5.74) is 4.06. The molecule has 0 radical (unpaired) electrons. The maximum absolute atomic E-state index is 13.3. The van der Waals surface area contributed by atoms with Crippen molar-refractivity contribution in [2.75, 3.05) is 0 Å². The van der Waals surface area contributed by atoms with Gasteiger partial charge in [-0.05, 0) is 37.3 Å². The van der Waals surface area contributed by atoms with Gasteiger partial charge in [0.1, 0.15) is 6.33 Å². The molecule has 0 spiro atoms. The quantitative estimate of drug-likeness (QED) is 0.248. The number of benzene rings is 3. The number of Topliss-reactive ketones (excluding diaryl/α,β-unsaturated/α-hetero) is 1. The largest absolute Gasteiger partial charge is 0.285 e. The first-order valence-electron chi connectivity index (χ1n) is 8.50. The lowest BCUT2D eigenvalue weighted by Crippen LogP contribution is -2.22. The minimum absolute atomic E-state index is 0.157. The Morgan fingerprint density at radius 1 is 1.00 bits per heavy atom. The molecule has 5 heteroatoms. The summed E-state index contributed by atoms with van der Waals surface area (Å²) in [6, 6.07) is 22.7. The molecule has 132 valence electrons. The number of aryl methyl sites for hydroxylation is 1. The zero-order valence-corrected chi connectivity index (χ0v) is 16.2. The predicted molar refractivity (Wildman–Crippen MR) is 112 cm³/mol. The number of imidazole rings is 1. The highest BCUT2D eigenvalue weighted by Crippen LogP contribution is 2.21. The van der Waals surface area contributed by atoms with Crippen LogP contribution < -0.4 is 0 Å². The minimum Gasteiger partial charge on any atom is -0.285 e. The van der Waals surface area contributed by atoms with Gasteiger partial charge in [0.2, 0.25) is 5.78 Å². The van der Waals surface area contributed by atoms with Crippen molar-refractivity contribution in [3.05, 3.63) is 94.7 Å². The van der Waals surface area contributed by atoms with Gasteiger partial charge in [-0.15, -0.1) is 0 Å². The Kier molecular flexibility index (Phi) is 4.69. The third kappa shape index (κ3) is 3.59. The molecule has 4 rings (SSSR count). The third-order valence-electron chi connectivity index (χ3n) is 4.25. The van der Waals surface area contributed by atoms with Gasteiger partial charge in [0.15, 0.2) is 5.84 Å². The first-order chi connectivity index (χ1) is 13.1. The second-order valence-electron chi connectivity index (χ2n) is 6.21. The normalized spacial score (nSPS) is 11.7. The van der Waals surface area contributed by atoms with Crippen molar-refractivity contribution in [3.8, 4) is 0 Å². The van der Waals surface area contributed by atoms with Crippen molar-refractivity contribution in [2.24, 2.45) is 4.99 Å². The fraction of sp³-hybridized carbons (Fsp3) is 0.0455. The Hall–Kier alpha value is -3.05. The van der Waals surface area contributed by atoms with Gasteiger partial charge in [-0.2, -0.15) is 0 Å². The predicted octanol–water partition coefficient (Wildman–Crippen LogP) is 5.57. The number of carbonyl (C=O) groups excluding carboxylic acids is 1. The van der Waals surface area contributed by atoms with E-state index in [0.29, 0.717) is 11.4 Å². The monoisotopic (exact) mass is 417 g/mol. The van der Waals surface area contributed by atoms with Crippen LogP contribution in [0.2, 0.25) is 0 Å². The number of ketones is 1. The van der Waals surface area contributed by atoms with E-state index in [9.17, 15) is 4.79 Å². The van der Waals surface area contributed by atoms with Crippen LogP contribution in [-0.2, 0) is 0 Å². The number of hydrogen-bond donors (Lipinski definition) is 0. The Labute approximate surface area is 165 Å². The molecule has 1 aromatic heterocycles. The summed E-state index contributed by atoms with van der Waals surface area (Å²) in [7, 11) is 0. The highest BCUT2D eigenvalue weighted by Gasteiger charge is 2.19. The van der Waals surface area contributed by atoms with E-state index in [1.165, 1.54) is 0 Å². The molecule has 0 saturated heterocycles. The standard InChI is InChI=1S/C22H16BrN3O/c1-15-7-10-18(11-8-15)25-22(21(27)16-5-3-2-4-6-16)26-14-24-19-12-9-17(23)13-20(19)26/h2-14H,1H3. The fourth-order valence-corrected chi connectivity index (χ4v) is 3.17. The van der Waals surface area contributed by atoms with Gasteiger partial charge >= 0.3 is 0 Å². The van der Waals surface area contributed by atoms with Crippen LogP contribution in [0.15, 0.2) is 88.6 Å². The molecule has 0 bridgehead atoms. The molecule has 0 amide bonds. The molecule has 0 unspecified atom stereocenters. The van der Waals surface area contributed by atoms with Gasteiger partial charge in [0, 0.05) is 10.0 Å². The average Bonchev–Trinajstić information content (AvgIpc) is 3.10. The first-order valence-corrected chi connectivity index (χ1v) is 9.29. The first kappa shape index (κ1) is 17.4. The van der Waals surface area contributed by atoms with Gasteiger partial charge in [0.25, 0.3) is 0 Å². The number of halogens is 1. The second kappa shape index (κ2) is 7.29. The van der Waals surface area contributed by atoms with Crippen LogP contribution in [0.1, 0.15) is 15.9 Å². The second-order valence-corrected chi connectivity index (χ2v) is 7.13. The van der Waals surface area contributed by atoms with E-state index in [4.69, 9.17) is 0 Å². The van der Waals surface area contributed by atoms with Gasteiger partial charge in [-0.25, -0.2) is 9.98 Å². The summed E-state index contributed by atoms with van der Waals surface area (Å²) < 4.78 is 2.66. The Balaban J connectivity index is 1.91. The van der Waals surface area contributed by atoms with Crippen LogP contribution in [0, 0.1) is 6.92 Å². The van der Waals surface area contributed by atoms with Crippen LogP contribution in [0.3, 0.4) is 0 Å². The van der Waals surface area contributed by atoms with Crippen LogP contribution in [0.4, 0.5) is 5.69 Å². The molecule has 0 atom stereocenters. The molecule has 0 aliphatic heterocycles. The number of aliphatic imine (C=N–C) groups is 1. The third-order valence-corrected chi connectivity index (χ3v) is 4.74. The Morgan fingerprint density at radius 3 is 2.48 bits per heavy atom. The SMILES string of the molecule is Cc1ccc(N=C(C(=O)c2ccccc2)n2cnc3ccc(Br)cc32)cc1. The molecule has 0 aliphatic carbocycles. The van der Waals surface area contributed by atoms with E-state index in [-0.39, 0.29) is 5.78 Å². The molecular formula is C22H16BrN3O.